The molecule has 0 aliphatic carbocycles. The normalized spacial score (nSPS) is 11.8. The van der Waals surface area contributed by atoms with Crippen LogP contribution in [0.2, 0.25) is 0 Å². The van der Waals surface area contributed by atoms with Crippen LogP contribution in [0.4, 0.5) is 5.69 Å². The summed E-state index contributed by atoms with van der Waals surface area (Å²) in [6, 6.07) is 7.11. The smallest absolute Gasteiger partial charge is 0.241 e. The molecule has 0 aliphatic rings. The number of rotatable bonds is 6. The topological polar surface area (TPSA) is 72.9 Å². The lowest BCUT2D eigenvalue weighted by atomic mass is 10.1. The van der Waals surface area contributed by atoms with Crippen LogP contribution in [0, 0.1) is 0 Å². The highest BCUT2D eigenvalue weighted by Crippen LogP contribution is 2.12. The molecule has 2 aromatic rings. The van der Waals surface area contributed by atoms with Crippen LogP contribution in [-0.2, 0) is 11.3 Å². The molecule has 20 heavy (non-hydrogen) atoms. The van der Waals surface area contributed by atoms with Crippen LogP contribution in [0.5, 0.6) is 0 Å². The van der Waals surface area contributed by atoms with E-state index in [1.807, 2.05) is 35.0 Å². The minimum absolute atomic E-state index is 0.204. The molecule has 0 aliphatic heterocycles. The maximum absolute atomic E-state index is 11.8. The average molecular weight is 270 g/mol. The van der Waals surface area contributed by atoms with E-state index in [2.05, 4.69) is 16.9 Å². The zero-order valence-corrected chi connectivity index (χ0v) is 11.2. The number of hydrogen-bond donors (Lipinski definition) is 2. The molecule has 104 valence electrons. The molecule has 1 amide bonds. The van der Waals surface area contributed by atoms with E-state index in [9.17, 15) is 4.79 Å². The van der Waals surface area contributed by atoms with Gasteiger partial charge in [0.05, 0.1) is 12.4 Å². The lowest BCUT2D eigenvalue weighted by Gasteiger charge is -2.11. The van der Waals surface area contributed by atoms with Gasteiger partial charge >= 0.3 is 0 Å². The molecule has 5 nitrogen and oxygen atoms in total. The SMILES string of the molecule is C=CCC(N)C(=O)Nc1cccc(Cn2ccnc2)c1. The Morgan fingerprint density at radius 2 is 2.40 bits per heavy atom. The molecule has 1 aromatic carbocycles. The third kappa shape index (κ3) is 3.80. The number of anilines is 1. The first kappa shape index (κ1) is 14.0. The van der Waals surface area contributed by atoms with Gasteiger partial charge in [-0.2, -0.15) is 0 Å². The van der Waals surface area contributed by atoms with Crippen molar-refractivity contribution >= 4 is 11.6 Å². The predicted octanol–water partition coefficient (Wildman–Crippen LogP) is 1.77. The maximum atomic E-state index is 11.8. The molecule has 0 saturated heterocycles. The van der Waals surface area contributed by atoms with Crippen LogP contribution < -0.4 is 11.1 Å². The van der Waals surface area contributed by atoms with Crippen molar-refractivity contribution in [3.8, 4) is 0 Å². The number of imidazole rings is 1. The highest BCUT2D eigenvalue weighted by molar-refractivity contribution is 5.94. The number of carbonyl (C=O) groups excluding carboxylic acids is 1. The Kier molecular flexibility index (Phi) is 4.68. The Morgan fingerprint density at radius 1 is 1.55 bits per heavy atom. The van der Waals surface area contributed by atoms with Crippen molar-refractivity contribution in [2.24, 2.45) is 5.73 Å². The van der Waals surface area contributed by atoms with E-state index in [-0.39, 0.29) is 5.91 Å². The lowest BCUT2D eigenvalue weighted by molar-refractivity contribution is -0.117. The van der Waals surface area contributed by atoms with Crippen LogP contribution >= 0.6 is 0 Å². The van der Waals surface area contributed by atoms with Gasteiger partial charge in [0, 0.05) is 24.6 Å². The van der Waals surface area contributed by atoms with Gasteiger partial charge in [-0.05, 0) is 24.1 Å². The Bertz CT molecular complexity index is 577. The van der Waals surface area contributed by atoms with E-state index in [0.717, 1.165) is 11.3 Å². The van der Waals surface area contributed by atoms with E-state index < -0.39 is 6.04 Å². The second kappa shape index (κ2) is 6.68. The molecular weight excluding hydrogens is 252 g/mol. The predicted molar refractivity (Wildman–Crippen MR) is 79.2 cm³/mol. The molecule has 0 radical (unpaired) electrons. The number of hydrogen-bond acceptors (Lipinski definition) is 3. The van der Waals surface area contributed by atoms with Crippen LogP contribution in [-0.4, -0.2) is 21.5 Å². The Morgan fingerprint density at radius 3 is 3.10 bits per heavy atom. The number of nitrogens with zero attached hydrogens (tertiary/aromatic N) is 2. The van der Waals surface area contributed by atoms with Gasteiger partial charge in [0.15, 0.2) is 0 Å². The molecule has 3 N–H and O–H groups in total. The van der Waals surface area contributed by atoms with Crippen LogP contribution in [0.1, 0.15) is 12.0 Å². The zero-order valence-electron chi connectivity index (χ0n) is 11.2. The van der Waals surface area contributed by atoms with Gasteiger partial charge in [0.25, 0.3) is 0 Å². The van der Waals surface area contributed by atoms with Gasteiger partial charge in [-0.25, -0.2) is 4.98 Å². The van der Waals surface area contributed by atoms with Gasteiger partial charge in [-0.15, -0.1) is 6.58 Å². The Balaban J connectivity index is 2.02. The maximum Gasteiger partial charge on any atom is 0.241 e. The largest absolute Gasteiger partial charge is 0.333 e. The molecule has 0 spiro atoms. The highest BCUT2D eigenvalue weighted by Gasteiger charge is 2.11. The number of amides is 1. The highest BCUT2D eigenvalue weighted by atomic mass is 16.2. The van der Waals surface area contributed by atoms with Crippen molar-refractivity contribution in [3.63, 3.8) is 0 Å². The van der Waals surface area contributed by atoms with Gasteiger partial charge in [0.1, 0.15) is 0 Å². The number of nitrogens with one attached hydrogen (secondary N) is 1. The van der Waals surface area contributed by atoms with Gasteiger partial charge < -0.3 is 15.6 Å². The van der Waals surface area contributed by atoms with Crippen molar-refractivity contribution in [2.75, 3.05) is 5.32 Å². The fourth-order valence-corrected chi connectivity index (χ4v) is 1.86. The summed E-state index contributed by atoms with van der Waals surface area (Å²) < 4.78 is 1.96. The summed E-state index contributed by atoms with van der Waals surface area (Å²) in [6.45, 7) is 4.29. The Hall–Kier alpha value is -2.40. The first-order valence-corrected chi connectivity index (χ1v) is 6.41. The van der Waals surface area contributed by atoms with Crippen molar-refractivity contribution in [2.45, 2.75) is 19.0 Å². The molecular formula is C15H18N4O. The second-order valence-corrected chi connectivity index (χ2v) is 4.56. The van der Waals surface area contributed by atoms with Crippen molar-refractivity contribution in [3.05, 3.63) is 61.2 Å². The van der Waals surface area contributed by atoms with E-state index in [1.165, 1.54) is 0 Å². The number of benzene rings is 1. The minimum atomic E-state index is -0.565. The quantitative estimate of drug-likeness (QED) is 0.786. The lowest BCUT2D eigenvalue weighted by Crippen LogP contribution is -2.35. The summed E-state index contributed by atoms with van der Waals surface area (Å²) in [6.07, 6.45) is 7.48. The zero-order chi connectivity index (χ0) is 14.4. The van der Waals surface area contributed by atoms with Crippen molar-refractivity contribution in [1.82, 2.24) is 9.55 Å². The first-order chi connectivity index (χ1) is 9.69. The summed E-state index contributed by atoms with van der Waals surface area (Å²) in [5.74, 6) is -0.204. The summed E-state index contributed by atoms with van der Waals surface area (Å²) in [4.78, 5) is 15.8. The summed E-state index contributed by atoms with van der Waals surface area (Å²) in [5, 5.41) is 2.81. The number of nitrogens with two attached hydrogens (primary N) is 1. The molecule has 0 bridgehead atoms. The molecule has 5 heteroatoms. The van der Waals surface area contributed by atoms with E-state index in [4.69, 9.17) is 5.73 Å². The van der Waals surface area contributed by atoms with E-state index >= 15 is 0 Å². The molecule has 1 heterocycles. The first-order valence-electron chi connectivity index (χ1n) is 6.41. The van der Waals surface area contributed by atoms with Crippen molar-refractivity contribution in [1.29, 1.82) is 0 Å². The molecule has 1 aromatic heterocycles. The summed E-state index contributed by atoms with van der Waals surface area (Å²) in [7, 11) is 0. The fourth-order valence-electron chi connectivity index (χ4n) is 1.86. The molecule has 1 unspecified atom stereocenters. The summed E-state index contributed by atoms with van der Waals surface area (Å²) in [5.41, 5.74) is 7.55. The van der Waals surface area contributed by atoms with Gasteiger partial charge in [-0.1, -0.05) is 18.2 Å². The average Bonchev–Trinajstić information content (AvgIpc) is 2.92. The monoisotopic (exact) mass is 270 g/mol. The molecule has 2 rings (SSSR count). The van der Waals surface area contributed by atoms with Crippen LogP contribution in [0.15, 0.2) is 55.6 Å². The summed E-state index contributed by atoms with van der Waals surface area (Å²) >= 11 is 0. The number of aromatic nitrogens is 2. The Labute approximate surface area is 118 Å². The van der Waals surface area contributed by atoms with Gasteiger partial charge in [0.2, 0.25) is 5.91 Å². The standard InChI is InChI=1S/C15H18N4O/c1-2-4-14(16)15(20)18-13-6-3-5-12(9-13)10-19-8-7-17-11-19/h2-3,5-9,11,14H,1,4,10,16H2,(H,18,20). The third-order valence-electron chi connectivity index (χ3n) is 2.88. The van der Waals surface area contributed by atoms with Crippen LogP contribution in [0.25, 0.3) is 0 Å². The van der Waals surface area contributed by atoms with E-state index in [1.54, 1.807) is 18.6 Å². The number of carbonyl (C=O) groups is 1. The molecule has 0 saturated carbocycles. The second-order valence-electron chi connectivity index (χ2n) is 4.56. The minimum Gasteiger partial charge on any atom is -0.333 e. The molecule has 0 fully saturated rings. The van der Waals surface area contributed by atoms with Gasteiger partial charge in [-0.3, -0.25) is 4.79 Å². The third-order valence-corrected chi connectivity index (χ3v) is 2.88. The van der Waals surface area contributed by atoms with Crippen LogP contribution in [0.3, 0.4) is 0 Å². The van der Waals surface area contributed by atoms with Crippen molar-refractivity contribution < 1.29 is 4.79 Å². The van der Waals surface area contributed by atoms with E-state index in [0.29, 0.717) is 13.0 Å². The fraction of sp³-hybridized carbons (Fsp3) is 0.200. The molecule has 1 atom stereocenters.